The summed E-state index contributed by atoms with van der Waals surface area (Å²) in [6.45, 7) is 0. The highest BCUT2D eigenvalue weighted by Gasteiger charge is 2.14. The van der Waals surface area contributed by atoms with Crippen LogP contribution in [0.2, 0.25) is 0 Å². The van der Waals surface area contributed by atoms with E-state index >= 15 is 0 Å². The van der Waals surface area contributed by atoms with E-state index in [0.29, 0.717) is 39.7 Å². The Bertz CT molecular complexity index is 1060. The lowest BCUT2D eigenvalue weighted by Crippen LogP contribution is -2.04. The Morgan fingerprint density at radius 1 is 0.710 bits per heavy atom. The van der Waals surface area contributed by atoms with Gasteiger partial charge in [0, 0.05) is 11.6 Å². The van der Waals surface area contributed by atoms with Gasteiger partial charge in [0.1, 0.15) is 29.3 Å². The van der Waals surface area contributed by atoms with Crippen LogP contribution in [0.5, 0.6) is 23.0 Å². The first-order valence-electron chi connectivity index (χ1n) is 9.43. The van der Waals surface area contributed by atoms with E-state index in [1.807, 2.05) is 0 Å². The summed E-state index contributed by atoms with van der Waals surface area (Å²) in [7, 11) is 4.46. The van der Waals surface area contributed by atoms with Crippen LogP contribution in [0.15, 0.2) is 66.7 Å². The molecule has 0 amide bonds. The number of ether oxygens (including phenoxy) is 4. The fraction of sp³-hybridized carbons (Fsp3) is 0.120. The number of rotatable bonds is 8. The molecule has 0 saturated carbocycles. The highest BCUT2D eigenvalue weighted by Crippen LogP contribution is 2.28. The van der Waals surface area contributed by atoms with Gasteiger partial charge in [0.15, 0.2) is 0 Å². The van der Waals surface area contributed by atoms with Crippen molar-refractivity contribution in [2.45, 2.75) is 0 Å². The molecule has 0 unspecified atom stereocenters. The zero-order valence-corrected chi connectivity index (χ0v) is 17.5. The van der Waals surface area contributed by atoms with Crippen molar-refractivity contribution in [3.05, 3.63) is 83.4 Å². The minimum absolute atomic E-state index is 0.375. The maximum absolute atomic E-state index is 12.4. The van der Waals surface area contributed by atoms with Gasteiger partial charge in [-0.2, -0.15) is 0 Å². The summed E-state index contributed by atoms with van der Waals surface area (Å²) in [4.78, 5) is 23.2. The summed E-state index contributed by atoms with van der Waals surface area (Å²) < 4.78 is 21.4. The van der Waals surface area contributed by atoms with Gasteiger partial charge in [0.25, 0.3) is 0 Å². The Morgan fingerprint density at radius 2 is 1.26 bits per heavy atom. The highest BCUT2D eigenvalue weighted by atomic mass is 16.5. The fourth-order valence-corrected chi connectivity index (χ4v) is 2.90. The van der Waals surface area contributed by atoms with Crippen LogP contribution in [-0.2, 0) is 9.53 Å². The summed E-state index contributed by atoms with van der Waals surface area (Å²) in [6.07, 6.45) is 2.49. The first kappa shape index (κ1) is 21.6. The van der Waals surface area contributed by atoms with Crippen LogP contribution >= 0.6 is 0 Å². The molecule has 3 aromatic carbocycles. The summed E-state index contributed by atoms with van der Waals surface area (Å²) >= 11 is 0. The third-order valence-electron chi connectivity index (χ3n) is 4.51. The van der Waals surface area contributed by atoms with Crippen LogP contribution in [-0.4, -0.2) is 33.6 Å². The second-order valence-electron chi connectivity index (χ2n) is 6.51. The van der Waals surface area contributed by atoms with Crippen molar-refractivity contribution in [2.75, 3.05) is 21.3 Å². The standard InChI is InChI=1S/C25H22O6/c1-28-22-12-18(13-23(15-22)29-2)14-24(25(27)30-3)19-6-10-21(11-7-19)31-20-8-4-17(16-26)5-9-20/h4-16H,1-3H3. The van der Waals surface area contributed by atoms with Gasteiger partial charge in [-0.05, 0) is 65.7 Å². The van der Waals surface area contributed by atoms with E-state index in [0.717, 1.165) is 11.8 Å². The van der Waals surface area contributed by atoms with E-state index < -0.39 is 5.97 Å². The lowest BCUT2D eigenvalue weighted by molar-refractivity contribution is -0.133. The molecule has 0 aromatic heterocycles. The van der Waals surface area contributed by atoms with Crippen molar-refractivity contribution >= 4 is 23.9 Å². The first-order valence-corrected chi connectivity index (χ1v) is 9.43. The molecule has 6 heteroatoms. The van der Waals surface area contributed by atoms with Gasteiger partial charge in [-0.25, -0.2) is 4.79 Å². The van der Waals surface area contributed by atoms with Crippen LogP contribution in [0, 0.1) is 0 Å². The first-order chi connectivity index (χ1) is 15.1. The molecule has 0 N–H and O–H groups in total. The molecule has 3 rings (SSSR count). The number of esters is 1. The van der Waals surface area contributed by atoms with Gasteiger partial charge < -0.3 is 18.9 Å². The van der Waals surface area contributed by atoms with Crippen LogP contribution in [0.4, 0.5) is 0 Å². The summed E-state index contributed by atoms with van der Waals surface area (Å²) in [5.74, 6) is 1.94. The van der Waals surface area contributed by atoms with E-state index in [-0.39, 0.29) is 0 Å². The molecule has 0 aliphatic rings. The molecule has 0 bridgehead atoms. The van der Waals surface area contributed by atoms with Gasteiger partial charge in [-0.3, -0.25) is 4.79 Å². The topological polar surface area (TPSA) is 71.1 Å². The molecule has 6 nitrogen and oxygen atoms in total. The Labute approximate surface area is 180 Å². The largest absolute Gasteiger partial charge is 0.497 e. The maximum Gasteiger partial charge on any atom is 0.338 e. The molecule has 0 aliphatic heterocycles. The predicted octanol–water partition coefficient (Wildman–Crippen LogP) is 5.02. The number of hydrogen-bond acceptors (Lipinski definition) is 6. The third kappa shape index (κ3) is 5.51. The normalized spacial score (nSPS) is 10.9. The van der Waals surface area contributed by atoms with Crippen molar-refractivity contribution in [3.8, 4) is 23.0 Å². The Kier molecular flexibility index (Phi) is 7.06. The van der Waals surface area contributed by atoms with E-state index in [1.165, 1.54) is 7.11 Å². The molecule has 0 heterocycles. The number of carbonyl (C=O) groups excluding carboxylic acids is 2. The quantitative estimate of drug-likeness (QED) is 0.221. The molecule has 0 atom stereocenters. The van der Waals surface area contributed by atoms with E-state index in [2.05, 4.69) is 0 Å². The Morgan fingerprint density at radius 3 is 1.74 bits per heavy atom. The second-order valence-corrected chi connectivity index (χ2v) is 6.51. The average molecular weight is 418 g/mol. The van der Waals surface area contributed by atoms with E-state index in [1.54, 1.807) is 87.0 Å². The predicted molar refractivity (Wildman–Crippen MR) is 118 cm³/mol. The molecule has 0 fully saturated rings. The van der Waals surface area contributed by atoms with Crippen molar-refractivity contribution < 1.29 is 28.5 Å². The van der Waals surface area contributed by atoms with Gasteiger partial charge >= 0.3 is 5.97 Å². The lowest BCUT2D eigenvalue weighted by Gasteiger charge is -2.10. The molecular formula is C25H22O6. The Hall–Kier alpha value is -4.06. The van der Waals surface area contributed by atoms with Crippen LogP contribution in [0.1, 0.15) is 21.5 Å². The van der Waals surface area contributed by atoms with Crippen molar-refractivity contribution in [3.63, 3.8) is 0 Å². The van der Waals surface area contributed by atoms with Crippen LogP contribution < -0.4 is 14.2 Å². The summed E-state index contributed by atoms with van der Waals surface area (Å²) in [5.41, 5.74) is 2.34. The maximum atomic E-state index is 12.4. The fourth-order valence-electron chi connectivity index (χ4n) is 2.90. The molecule has 0 radical (unpaired) electrons. The van der Waals surface area contributed by atoms with Crippen LogP contribution in [0.3, 0.4) is 0 Å². The molecule has 0 saturated heterocycles. The third-order valence-corrected chi connectivity index (χ3v) is 4.51. The highest BCUT2D eigenvalue weighted by molar-refractivity contribution is 6.21. The molecule has 158 valence electrons. The lowest BCUT2D eigenvalue weighted by atomic mass is 10.0. The number of aldehydes is 1. The van der Waals surface area contributed by atoms with Gasteiger partial charge in [-0.1, -0.05) is 12.1 Å². The van der Waals surface area contributed by atoms with E-state index in [4.69, 9.17) is 18.9 Å². The molecule has 0 spiro atoms. The van der Waals surface area contributed by atoms with Crippen molar-refractivity contribution in [1.29, 1.82) is 0 Å². The number of benzene rings is 3. The van der Waals surface area contributed by atoms with Gasteiger partial charge in [-0.15, -0.1) is 0 Å². The number of methoxy groups -OCH3 is 3. The molecule has 31 heavy (non-hydrogen) atoms. The average Bonchev–Trinajstić information content (AvgIpc) is 2.82. The second kappa shape index (κ2) is 10.1. The van der Waals surface area contributed by atoms with E-state index in [9.17, 15) is 9.59 Å². The van der Waals surface area contributed by atoms with Crippen molar-refractivity contribution in [2.24, 2.45) is 0 Å². The molecular weight excluding hydrogens is 396 g/mol. The zero-order chi connectivity index (χ0) is 22.2. The van der Waals surface area contributed by atoms with Gasteiger partial charge in [0.2, 0.25) is 0 Å². The molecule has 3 aromatic rings. The monoisotopic (exact) mass is 418 g/mol. The minimum Gasteiger partial charge on any atom is -0.497 e. The summed E-state index contributed by atoms with van der Waals surface area (Å²) in [6, 6.07) is 19.2. The SMILES string of the molecule is COC(=O)C(=Cc1cc(OC)cc(OC)c1)c1ccc(Oc2ccc(C=O)cc2)cc1. The smallest absolute Gasteiger partial charge is 0.338 e. The number of hydrogen-bond donors (Lipinski definition) is 0. The summed E-state index contributed by atoms with van der Waals surface area (Å²) in [5, 5.41) is 0. The van der Waals surface area contributed by atoms with Gasteiger partial charge in [0.05, 0.1) is 26.9 Å². The molecule has 0 aliphatic carbocycles. The zero-order valence-electron chi connectivity index (χ0n) is 17.5. The number of carbonyl (C=O) groups is 2. The van der Waals surface area contributed by atoms with Crippen LogP contribution in [0.25, 0.3) is 11.6 Å². The minimum atomic E-state index is -0.472. The Balaban J connectivity index is 1.90. The van der Waals surface area contributed by atoms with Crippen molar-refractivity contribution in [1.82, 2.24) is 0 Å².